The summed E-state index contributed by atoms with van der Waals surface area (Å²) in [6.45, 7) is -0.0538. The molecule has 0 aliphatic carbocycles. The highest BCUT2D eigenvalue weighted by molar-refractivity contribution is 5.60. The Bertz CT molecular complexity index is 579. The Morgan fingerprint density at radius 2 is 2.26 bits per heavy atom. The molecule has 7 nitrogen and oxygen atoms in total. The quantitative estimate of drug-likeness (QED) is 0.714. The lowest BCUT2D eigenvalue weighted by molar-refractivity contribution is 0.220. The predicted molar refractivity (Wildman–Crippen MR) is 68.3 cm³/mol. The molecule has 3 heterocycles. The molecule has 2 aromatic rings. The van der Waals surface area contributed by atoms with Gasteiger partial charge in [-0.2, -0.15) is 0 Å². The Labute approximate surface area is 109 Å². The van der Waals surface area contributed by atoms with Crippen molar-refractivity contribution in [2.45, 2.75) is 12.8 Å². The molecule has 1 aliphatic rings. The zero-order valence-corrected chi connectivity index (χ0v) is 10.0. The van der Waals surface area contributed by atoms with Crippen molar-refractivity contribution in [3.8, 4) is 0 Å². The summed E-state index contributed by atoms with van der Waals surface area (Å²) in [7, 11) is 0. The summed E-state index contributed by atoms with van der Waals surface area (Å²) < 4.78 is 1.72. The van der Waals surface area contributed by atoms with Crippen LogP contribution in [0.15, 0.2) is 43.3 Å². The molecule has 0 fully saturated rings. The number of imidazole rings is 1. The number of aromatic nitrogens is 3. The largest absolute Gasteiger partial charge is 0.392 e. The van der Waals surface area contributed by atoms with E-state index in [-0.39, 0.29) is 6.61 Å². The molecular weight excluding hydrogens is 246 g/mol. The maximum absolute atomic E-state index is 10.3. The maximum atomic E-state index is 10.3. The molecule has 1 aliphatic heterocycles. The summed E-state index contributed by atoms with van der Waals surface area (Å²) in [4.78, 5) is 8.13. The second-order valence-corrected chi connectivity index (χ2v) is 4.09. The van der Waals surface area contributed by atoms with Gasteiger partial charge in [-0.1, -0.05) is 6.07 Å². The Balaban J connectivity index is 1.81. The fourth-order valence-electron chi connectivity index (χ4n) is 1.88. The van der Waals surface area contributed by atoms with Crippen molar-refractivity contribution in [2.24, 2.45) is 0 Å². The molecule has 0 saturated heterocycles. The highest BCUT2D eigenvalue weighted by Crippen LogP contribution is 2.22. The van der Waals surface area contributed by atoms with Crippen LogP contribution in [0, 0.1) is 0 Å². The van der Waals surface area contributed by atoms with E-state index in [1.165, 1.54) is 5.01 Å². The first kappa shape index (κ1) is 11.7. The molecule has 19 heavy (non-hydrogen) atoms. The fourth-order valence-corrected chi connectivity index (χ4v) is 1.88. The number of aliphatic hydroxyl groups excluding tert-OH is 2. The number of nitrogens with one attached hydrogen (secondary N) is 1. The Hall–Kier alpha value is -2.38. The van der Waals surface area contributed by atoms with Gasteiger partial charge in [0.15, 0.2) is 6.23 Å². The topological polar surface area (TPSA) is 86.4 Å². The van der Waals surface area contributed by atoms with Crippen molar-refractivity contribution in [1.82, 2.24) is 20.0 Å². The van der Waals surface area contributed by atoms with Gasteiger partial charge in [-0.3, -0.25) is 5.43 Å². The van der Waals surface area contributed by atoms with E-state index in [0.29, 0.717) is 11.5 Å². The number of hydrazine groups is 1. The van der Waals surface area contributed by atoms with E-state index < -0.39 is 6.23 Å². The van der Waals surface area contributed by atoms with Crippen LogP contribution in [0.5, 0.6) is 0 Å². The number of rotatable bonds is 3. The molecule has 0 amide bonds. The van der Waals surface area contributed by atoms with Gasteiger partial charge in [0.05, 0.1) is 18.6 Å². The van der Waals surface area contributed by atoms with Crippen LogP contribution in [-0.4, -0.2) is 31.0 Å². The molecule has 0 saturated carbocycles. The zero-order chi connectivity index (χ0) is 13.2. The molecule has 1 unspecified atom stereocenters. The average molecular weight is 259 g/mol. The maximum Gasteiger partial charge on any atom is 0.190 e. The van der Waals surface area contributed by atoms with Gasteiger partial charge in [0.1, 0.15) is 5.82 Å². The number of aliphatic hydroxyl groups is 2. The minimum Gasteiger partial charge on any atom is -0.392 e. The fraction of sp³-hybridized carbons (Fsp3) is 0.167. The van der Waals surface area contributed by atoms with Crippen molar-refractivity contribution in [2.75, 3.05) is 5.01 Å². The molecule has 0 spiro atoms. The first-order valence-electron chi connectivity index (χ1n) is 5.77. The number of pyridine rings is 1. The second kappa shape index (κ2) is 4.71. The van der Waals surface area contributed by atoms with E-state index in [0.717, 1.165) is 5.56 Å². The molecule has 3 N–H and O–H groups in total. The van der Waals surface area contributed by atoms with E-state index in [1.54, 1.807) is 47.8 Å². The minimum absolute atomic E-state index is 0.0538. The van der Waals surface area contributed by atoms with E-state index in [2.05, 4.69) is 15.4 Å². The van der Waals surface area contributed by atoms with E-state index in [4.69, 9.17) is 5.11 Å². The lowest BCUT2D eigenvalue weighted by atomic mass is 10.3. The van der Waals surface area contributed by atoms with Gasteiger partial charge in [-0.15, -0.1) is 0 Å². The molecule has 0 aromatic carbocycles. The third-order valence-corrected chi connectivity index (χ3v) is 2.90. The Morgan fingerprint density at radius 3 is 2.89 bits per heavy atom. The molecular formula is C12H13N5O2. The van der Waals surface area contributed by atoms with Crippen LogP contribution in [0.2, 0.25) is 0 Å². The summed E-state index contributed by atoms with van der Waals surface area (Å²) in [5.74, 6) is 0.566. The van der Waals surface area contributed by atoms with Crippen LogP contribution < -0.4 is 10.4 Å². The monoisotopic (exact) mass is 259 g/mol. The van der Waals surface area contributed by atoms with E-state index >= 15 is 0 Å². The van der Waals surface area contributed by atoms with Crippen molar-refractivity contribution in [3.63, 3.8) is 0 Å². The lowest BCUT2D eigenvalue weighted by Crippen LogP contribution is -2.39. The van der Waals surface area contributed by atoms with Crippen LogP contribution in [0.4, 0.5) is 5.82 Å². The highest BCUT2D eigenvalue weighted by Gasteiger charge is 2.27. The van der Waals surface area contributed by atoms with Crippen molar-refractivity contribution in [3.05, 3.63) is 48.8 Å². The number of hydrogen-bond donors (Lipinski definition) is 3. The van der Waals surface area contributed by atoms with Gasteiger partial charge < -0.3 is 14.8 Å². The van der Waals surface area contributed by atoms with Crippen LogP contribution in [0.25, 0.3) is 5.70 Å². The van der Waals surface area contributed by atoms with Crippen molar-refractivity contribution >= 4 is 11.5 Å². The van der Waals surface area contributed by atoms with Gasteiger partial charge in [0.25, 0.3) is 0 Å². The molecule has 98 valence electrons. The van der Waals surface area contributed by atoms with Crippen molar-refractivity contribution in [1.29, 1.82) is 0 Å². The standard InChI is InChI=1S/C12H13N5O2/c18-7-9-1-2-11(14-5-9)17-12(19)10(6-15-17)16-4-3-13-8-16/h1-6,8,12,15,18-19H,7H2. The van der Waals surface area contributed by atoms with E-state index in [1.807, 2.05) is 0 Å². The predicted octanol–water partition coefficient (Wildman–Crippen LogP) is -0.0880. The third kappa shape index (κ3) is 2.05. The Kier molecular flexibility index (Phi) is 2.90. The molecule has 2 aromatic heterocycles. The van der Waals surface area contributed by atoms with Gasteiger partial charge in [0.2, 0.25) is 0 Å². The molecule has 0 radical (unpaired) electrons. The average Bonchev–Trinajstić information content (AvgIpc) is 3.08. The summed E-state index contributed by atoms with van der Waals surface area (Å²) >= 11 is 0. The van der Waals surface area contributed by atoms with Gasteiger partial charge >= 0.3 is 0 Å². The minimum atomic E-state index is -0.860. The first-order chi connectivity index (χ1) is 9.29. The molecule has 0 bridgehead atoms. The lowest BCUT2D eigenvalue weighted by Gasteiger charge is -2.23. The SMILES string of the molecule is OCc1ccc(N2NC=C(n3ccnc3)C2O)nc1. The molecule has 7 heteroatoms. The summed E-state index contributed by atoms with van der Waals surface area (Å²) in [6.07, 6.45) is 7.41. The van der Waals surface area contributed by atoms with Gasteiger partial charge in [-0.25, -0.2) is 15.0 Å². The first-order valence-corrected chi connectivity index (χ1v) is 5.77. The van der Waals surface area contributed by atoms with Crippen LogP contribution in [-0.2, 0) is 6.61 Å². The number of hydrogen-bond acceptors (Lipinski definition) is 6. The number of nitrogens with zero attached hydrogens (tertiary/aromatic N) is 4. The number of anilines is 1. The smallest absolute Gasteiger partial charge is 0.190 e. The van der Waals surface area contributed by atoms with E-state index in [9.17, 15) is 5.11 Å². The third-order valence-electron chi connectivity index (χ3n) is 2.90. The zero-order valence-electron chi connectivity index (χ0n) is 10.0. The van der Waals surface area contributed by atoms with Crippen LogP contribution in [0.1, 0.15) is 5.56 Å². The highest BCUT2D eigenvalue weighted by atomic mass is 16.3. The van der Waals surface area contributed by atoms with Crippen LogP contribution >= 0.6 is 0 Å². The molecule has 3 rings (SSSR count). The van der Waals surface area contributed by atoms with Gasteiger partial charge in [-0.05, 0) is 11.6 Å². The van der Waals surface area contributed by atoms with Gasteiger partial charge in [0, 0.05) is 24.8 Å². The summed E-state index contributed by atoms with van der Waals surface area (Å²) in [5, 5.41) is 20.8. The normalized spacial score (nSPS) is 18.3. The Morgan fingerprint density at radius 1 is 1.37 bits per heavy atom. The molecule has 1 atom stereocenters. The van der Waals surface area contributed by atoms with Crippen molar-refractivity contribution < 1.29 is 10.2 Å². The summed E-state index contributed by atoms with van der Waals surface area (Å²) in [6, 6.07) is 3.48. The second-order valence-electron chi connectivity index (χ2n) is 4.09. The van der Waals surface area contributed by atoms with Crippen LogP contribution in [0.3, 0.4) is 0 Å². The summed E-state index contributed by atoms with van der Waals surface area (Å²) in [5.41, 5.74) is 4.33.